The van der Waals surface area contributed by atoms with Crippen molar-refractivity contribution in [2.75, 3.05) is 13.7 Å². The quantitative estimate of drug-likeness (QED) is 0.307. The van der Waals surface area contributed by atoms with Gasteiger partial charge in [-0.15, -0.1) is 0 Å². The molecule has 0 radical (unpaired) electrons. The molecular weight excluding hydrogens is 292 g/mol. The van der Waals surface area contributed by atoms with Crippen molar-refractivity contribution in [2.24, 2.45) is 0 Å². The minimum Gasteiger partial charge on any atom is -0.469 e. The molecule has 23 heavy (non-hydrogen) atoms. The van der Waals surface area contributed by atoms with Crippen molar-refractivity contribution in [3.63, 3.8) is 0 Å². The lowest BCUT2D eigenvalue weighted by atomic mass is 10.0. The average molecular weight is 331 g/mol. The third-order valence-electron chi connectivity index (χ3n) is 4.34. The van der Waals surface area contributed by atoms with Gasteiger partial charge in [0.15, 0.2) is 0 Å². The number of rotatable bonds is 17. The lowest BCUT2D eigenvalue weighted by molar-refractivity contribution is -0.140. The van der Waals surface area contributed by atoms with Crippen LogP contribution in [0.3, 0.4) is 0 Å². The van der Waals surface area contributed by atoms with E-state index < -0.39 is 0 Å². The molecule has 2 N–H and O–H groups in total. The lowest BCUT2D eigenvalue weighted by Gasteiger charge is -2.10. The molecule has 1 atom stereocenters. The number of aliphatic hydroxyl groups is 2. The van der Waals surface area contributed by atoms with Crippen molar-refractivity contribution >= 4 is 5.97 Å². The number of carbonyl (C=O) groups is 1. The predicted molar refractivity (Wildman–Crippen MR) is 94.4 cm³/mol. The number of esters is 1. The van der Waals surface area contributed by atoms with E-state index in [0.29, 0.717) is 13.0 Å². The van der Waals surface area contributed by atoms with Gasteiger partial charge in [0, 0.05) is 13.0 Å². The topological polar surface area (TPSA) is 66.8 Å². The second kappa shape index (κ2) is 17.7. The zero-order chi connectivity index (χ0) is 17.2. The molecule has 4 nitrogen and oxygen atoms in total. The smallest absolute Gasteiger partial charge is 0.305 e. The second-order valence-corrected chi connectivity index (χ2v) is 6.52. The summed E-state index contributed by atoms with van der Waals surface area (Å²) in [6, 6.07) is 0. The fourth-order valence-electron chi connectivity index (χ4n) is 2.80. The van der Waals surface area contributed by atoms with Crippen LogP contribution in [0.1, 0.15) is 96.3 Å². The van der Waals surface area contributed by atoms with Gasteiger partial charge in [0.1, 0.15) is 0 Å². The summed E-state index contributed by atoms with van der Waals surface area (Å²) in [5, 5.41) is 18.6. The van der Waals surface area contributed by atoms with E-state index in [4.69, 9.17) is 5.11 Å². The number of hydrogen-bond acceptors (Lipinski definition) is 4. The van der Waals surface area contributed by atoms with Crippen LogP contribution in [0.2, 0.25) is 0 Å². The summed E-state index contributed by atoms with van der Waals surface area (Å²) in [6.45, 7) is 0.317. The normalized spacial score (nSPS) is 12.3. The summed E-state index contributed by atoms with van der Waals surface area (Å²) in [7, 11) is 1.43. The van der Waals surface area contributed by atoms with E-state index in [1.165, 1.54) is 32.8 Å². The largest absolute Gasteiger partial charge is 0.469 e. The molecule has 1 unspecified atom stereocenters. The molecule has 0 aliphatic carbocycles. The van der Waals surface area contributed by atoms with Crippen LogP contribution in [0.5, 0.6) is 0 Å². The van der Waals surface area contributed by atoms with Crippen molar-refractivity contribution in [3.05, 3.63) is 0 Å². The monoisotopic (exact) mass is 330 g/mol. The molecule has 0 rings (SSSR count). The van der Waals surface area contributed by atoms with Crippen LogP contribution in [0.4, 0.5) is 0 Å². The molecule has 0 aliphatic rings. The Morgan fingerprint density at radius 3 is 1.70 bits per heavy atom. The maximum absolute atomic E-state index is 10.9. The number of aliphatic hydroxyl groups excluding tert-OH is 2. The molecule has 0 aromatic rings. The second-order valence-electron chi connectivity index (χ2n) is 6.52. The van der Waals surface area contributed by atoms with Gasteiger partial charge in [0.05, 0.1) is 13.2 Å². The molecule has 0 amide bonds. The fraction of sp³-hybridized carbons (Fsp3) is 0.947. The van der Waals surface area contributed by atoms with Gasteiger partial charge < -0.3 is 14.9 Å². The first kappa shape index (κ1) is 22.4. The summed E-state index contributed by atoms with van der Waals surface area (Å²) in [5.74, 6) is -0.117. The van der Waals surface area contributed by atoms with Gasteiger partial charge in [-0.1, -0.05) is 64.2 Å². The molecule has 0 spiro atoms. The van der Waals surface area contributed by atoms with Gasteiger partial charge in [0.2, 0.25) is 0 Å². The molecule has 0 aliphatic heterocycles. The van der Waals surface area contributed by atoms with Crippen molar-refractivity contribution in [1.82, 2.24) is 0 Å². The Morgan fingerprint density at radius 1 is 0.783 bits per heavy atom. The van der Waals surface area contributed by atoms with Crippen molar-refractivity contribution in [1.29, 1.82) is 0 Å². The highest BCUT2D eigenvalue weighted by Crippen LogP contribution is 2.14. The fourth-order valence-corrected chi connectivity index (χ4v) is 2.80. The average Bonchev–Trinajstić information content (AvgIpc) is 2.56. The standard InChI is InChI=1S/C19H38O4/c1-23-19(22)16-12-8-5-7-11-15-18(21)14-10-6-3-2-4-9-13-17-20/h18,20-21H,2-17H2,1H3. The Kier molecular flexibility index (Phi) is 17.3. The molecule has 0 aromatic heterocycles. The van der Waals surface area contributed by atoms with E-state index in [1.807, 2.05) is 0 Å². The number of hydrogen-bond donors (Lipinski definition) is 2. The third-order valence-corrected chi connectivity index (χ3v) is 4.34. The van der Waals surface area contributed by atoms with Crippen molar-refractivity contribution < 1.29 is 19.7 Å². The first-order valence-corrected chi connectivity index (χ1v) is 9.56. The van der Waals surface area contributed by atoms with E-state index in [-0.39, 0.29) is 12.1 Å². The van der Waals surface area contributed by atoms with Crippen LogP contribution >= 0.6 is 0 Å². The van der Waals surface area contributed by atoms with Gasteiger partial charge in [-0.3, -0.25) is 4.79 Å². The first-order valence-electron chi connectivity index (χ1n) is 9.56. The number of ether oxygens (including phenoxy) is 1. The molecule has 0 fully saturated rings. The lowest BCUT2D eigenvalue weighted by Crippen LogP contribution is -2.06. The SMILES string of the molecule is COC(=O)CCCCCCCC(O)CCCCCCCCCO. The number of unbranched alkanes of at least 4 members (excludes halogenated alkanes) is 10. The van der Waals surface area contributed by atoms with Gasteiger partial charge in [-0.2, -0.15) is 0 Å². The van der Waals surface area contributed by atoms with E-state index in [2.05, 4.69) is 4.74 Å². The van der Waals surface area contributed by atoms with Gasteiger partial charge in [-0.05, 0) is 25.7 Å². The maximum Gasteiger partial charge on any atom is 0.305 e. The minimum atomic E-state index is -0.139. The highest BCUT2D eigenvalue weighted by atomic mass is 16.5. The van der Waals surface area contributed by atoms with Crippen LogP contribution in [0, 0.1) is 0 Å². The third kappa shape index (κ3) is 17.6. The Morgan fingerprint density at radius 2 is 1.22 bits per heavy atom. The Balaban J connectivity index is 3.19. The summed E-state index contributed by atoms with van der Waals surface area (Å²) in [6.07, 6.45) is 15.7. The van der Waals surface area contributed by atoms with E-state index in [1.54, 1.807) is 0 Å². The Labute approximate surface area is 142 Å². The highest BCUT2D eigenvalue weighted by Gasteiger charge is 2.04. The maximum atomic E-state index is 10.9. The van der Waals surface area contributed by atoms with Crippen LogP contribution in [0.15, 0.2) is 0 Å². The number of methoxy groups -OCH3 is 1. The van der Waals surface area contributed by atoms with Crippen LogP contribution < -0.4 is 0 Å². The van der Waals surface area contributed by atoms with Crippen molar-refractivity contribution in [2.45, 2.75) is 102 Å². The summed E-state index contributed by atoms with van der Waals surface area (Å²) >= 11 is 0. The molecule has 0 saturated carbocycles. The molecule has 138 valence electrons. The van der Waals surface area contributed by atoms with E-state index in [0.717, 1.165) is 64.2 Å². The van der Waals surface area contributed by atoms with Crippen molar-refractivity contribution in [3.8, 4) is 0 Å². The summed E-state index contributed by atoms with van der Waals surface area (Å²) in [5.41, 5.74) is 0. The Bertz CT molecular complexity index is 256. The van der Waals surface area contributed by atoms with Crippen LogP contribution in [-0.4, -0.2) is 36.0 Å². The molecule has 4 heteroatoms. The minimum absolute atomic E-state index is 0.117. The molecule has 0 saturated heterocycles. The summed E-state index contributed by atoms with van der Waals surface area (Å²) in [4.78, 5) is 10.9. The molecule has 0 bridgehead atoms. The number of carbonyl (C=O) groups excluding carboxylic acids is 1. The highest BCUT2D eigenvalue weighted by molar-refractivity contribution is 5.68. The van der Waals surface area contributed by atoms with Crippen LogP contribution in [-0.2, 0) is 9.53 Å². The molecule has 0 aromatic carbocycles. The zero-order valence-corrected chi connectivity index (χ0v) is 15.1. The van der Waals surface area contributed by atoms with Gasteiger partial charge in [0.25, 0.3) is 0 Å². The summed E-state index contributed by atoms with van der Waals surface area (Å²) < 4.78 is 4.61. The van der Waals surface area contributed by atoms with Crippen LogP contribution in [0.25, 0.3) is 0 Å². The van der Waals surface area contributed by atoms with Gasteiger partial charge in [-0.25, -0.2) is 0 Å². The van der Waals surface area contributed by atoms with Gasteiger partial charge >= 0.3 is 5.97 Å². The predicted octanol–water partition coefficient (Wildman–Crippen LogP) is 4.36. The molecular formula is C19H38O4. The molecule has 0 heterocycles. The van der Waals surface area contributed by atoms with E-state index in [9.17, 15) is 9.90 Å². The zero-order valence-electron chi connectivity index (χ0n) is 15.1. The Hall–Kier alpha value is -0.610. The first-order chi connectivity index (χ1) is 11.2. The van der Waals surface area contributed by atoms with E-state index >= 15 is 0 Å².